The molecule has 0 saturated carbocycles. The number of alkyl halides is 3. The van der Waals surface area contributed by atoms with Crippen LogP contribution in [0.4, 0.5) is 18.9 Å². The van der Waals surface area contributed by atoms with E-state index in [1.807, 2.05) is 6.92 Å². The monoisotopic (exact) mass is 264 g/mol. The molecule has 1 aromatic rings. The van der Waals surface area contributed by atoms with Crippen LogP contribution in [0.5, 0.6) is 5.75 Å². The third-order valence-electron chi connectivity index (χ3n) is 1.66. The molecule has 0 aliphatic carbocycles. The zero-order valence-electron chi connectivity index (χ0n) is 8.97. The first-order valence-electron chi connectivity index (χ1n) is 4.81. The van der Waals surface area contributed by atoms with Crippen molar-refractivity contribution in [3.63, 3.8) is 0 Å². The Morgan fingerprint density at radius 3 is 2.71 bits per heavy atom. The Balaban J connectivity index is 2.69. The second kappa shape index (κ2) is 5.72. The van der Waals surface area contributed by atoms with Gasteiger partial charge in [-0.2, -0.15) is 0 Å². The zero-order chi connectivity index (χ0) is 12.9. The summed E-state index contributed by atoms with van der Waals surface area (Å²) in [5.41, 5.74) is 0.428. The SMILES string of the molecule is CCNC(=S)Nc1cccc(OC(F)(F)F)c1. The molecule has 94 valence electrons. The van der Waals surface area contributed by atoms with Gasteiger partial charge >= 0.3 is 6.36 Å². The van der Waals surface area contributed by atoms with Gasteiger partial charge in [-0.05, 0) is 31.3 Å². The molecule has 2 N–H and O–H groups in total. The Morgan fingerprint density at radius 2 is 2.12 bits per heavy atom. The summed E-state index contributed by atoms with van der Waals surface area (Å²) in [4.78, 5) is 0. The lowest BCUT2D eigenvalue weighted by molar-refractivity contribution is -0.274. The molecule has 0 atom stereocenters. The van der Waals surface area contributed by atoms with Crippen LogP contribution in [0.1, 0.15) is 6.92 Å². The number of thiocarbonyl (C=S) groups is 1. The molecule has 1 aromatic carbocycles. The van der Waals surface area contributed by atoms with E-state index >= 15 is 0 Å². The van der Waals surface area contributed by atoms with Crippen molar-refractivity contribution in [2.75, 3.05) is 11.9 Å². The van der Waals surface area contributed by atoms with Gasteiger partial charge in [-0.15, -0.1) is 13.2 Å². The van der Waals surface area contributed by atoms with Crippen molar-refractivity contribution in [2.45, 2.75) is 13.3 Å². The Kier molecular flexibility index (Phi) is 4.56. The number of benzene rings is 1. The lowest BCUT2D eigenvalue weighted by atomic mass is 10.3. The maximum Gasteiger partial charge on any atom is 0.573 e. The standard InChI is InChI=1S/C10H11F3N2OS/c1-2-14-9(17)15-7-4-3-5-8(6-7)16-10(11,12)13/h3-6H,2H2,1H3,(H2,14,15,17). The molecule has 0 radical (unpaired) electrons. The van der Waals surface area contributed by atoms with Crippen LogP contribution in [0.25, 0.3) is 0 Å². The van der Waals surface area contributed by atoms with Crippen LogP contribution in [0.2, 0.25) is 0 Å². The molecule has 0 aliphatic rings. The van der Waals surface area contributed by atoms with Crippen molar-refractivity contribution in [2.24, 2.45) is 0 Å². The highest BCUT2D eigenvalue weighted by atomic mass is 32.1. The fourth-order valence-corrected chi connectivity index (χ4v) is 1.37. The fraction of sp³-hybridized carbons (Fsp3) is 0.300. The summed E-state index contributed by atoms with van der Waals surface area (Å²) in [6.45, 7) is 2.49. The van der Waals surface area contributed by atoms with Crippen LogP contribution in [0.3, 0.4) is 0 Å². The predicted molar refractivity (Wildman–Crippen MR) is 63.0 cm³/mol. The van der Waals surface area contributed by atoms with Gasteiger partial charge in [0.05, 0.1) is 0 Å². The van der Waals surface area contributed by atoms with E-state index < -0.39 is 6.36 Å². The first kappa shape index (κ1) is 13.6. The minimum atomic E-state index is -4.69. The number of anilines is 1. The highest BCUT2D eigenvalue weighted by Crippen LogP contribution is 2.24. The minimum absolute atomic E-state index is 0.290. The fourth-order valence-electron chi connectivity index (χ4n) is 1.11. The molecule has 0 bridgehead atoms. The second-order valence-electron chi connectivity index (χ2n) is 3.06. The normalized spacial score (nSPS) is 10.8. The van der Waals surface area contributed by atoms with Crippen LogP contribution in [0, 0.1) is 0 Å². The third kappa shape index (κ3) is 5.39. The van der Waals surface area contributed by atoms with Gasteiger partial charge in [-0.1, -0.05) is 6.07 Å². The molecule has 3 nitrogen and oxygen atoms in total. The Labute approximate surface area is 102 Å². The summed E-state index contributed by atoms with van der Waals surface area (Å²) in [5.74, 6) is -0.290. The van der Waals surface area contributed by atoms with Crippen molar-refractivity contribution in [3.05, 3.63) is 24.3 Å². The molecule has 0 fully saturated rings. The quantitative estimate of drug-likeness (QED) is 0.822. The Morgan fingerprint density at radius 1 is 1.41 bits per heavy atom. The Bertz CT molecular complexity index is 395. The first-order valence-corrected chi connectivity index (χ1v) is 5.22. The van der Waals surface area contributed by atoms with Gasteiger partial charge in [-0.3, -0.25) is 0 Å². The molecular weight excluding hydrogens is 253 g/mol. The molecule has 0 spiro atoms. The van der Waals surface area contributed by atoms with Crippen molar-refractivity contribution in [1.82, 2.24) is 5.32 Å². The Hall–Kier alpha value is -1.50. The minimum Gasteiger partial charge on any atom is -0.406 e. The summed E-state index contributed by atoms with van der Waals surface area (Å²) >= 11 is 4.90. The lowest BCUT2D eigenvalue weighted by Gasteiger charge is -2.12. The van der Waals surface area contributed by atoms with Crippen LogP contribution < -0.4 is 15.4 Å². The summed E-state index contributed by atoms with van der Waals surface area (Å²) in [7, 11) is 0. The summed E-state index contributed by atoms with van der Waals surface area (Å²) in [6, 6.07) is 5.47. The van der Waals surface area contributed by atoms with E-state index in [9.17, 15) is 13.2 Å². The second-order valence-corrected chi connectivity index (χ2v) is 3.47. The molecular formula is C10H11F3N2OS. The molecule has 0 unspecified atom stereocenters. The zero-order valence-corrected chi connectivity index (χ0v) is 9.78. The maximum atomic E-state index is 12.0. The smallest absolute Gasteiger partial charge is 0.406 e. The van der Waals surface area contributed by atoms with Crippen molar-refractivity contribution >= 4 is 23.0 Å². The van der Waals surface area contributed by atoms with Crippen molar-refractivity contribution < 1.29 is 17.9 Å². The highest BCUT2D eigenvalue weighted by molar-refractivity contribution is 7.80. The van der Waals surface area contributed by atoms with E-state index in [4.69, 9.17) is 12.2 Å². The molecule has 0 amide bonds. The van der Waals surface area contributed by atoms with E-state index in [0.717, 1.165) is 0 Å². The van der Waals surface area contributed by atoms with Gasteiger partial charge in [0.2, 0.25) is 0 Å². The number of hydrogen-bond acceptors (Lipinski definition) is 2. The highest BCUT2D eigenvalue weighted by Gasteiger charge is 2.31. The first-order chi connectivity index (χ1) is 7.90. The number of hydrogen-bond donors (Lipinski definition) is 2. The van der Waals surface area contributed by atoms with Crippen LogP contribution in [-0.4, -0.2) is 18.0 Å². The molecule has 1 rings (SSSR count). The maximum absolute atomic E-state index is 12.0. The van der Waals surface area contributed by atoms with Gasteiger partial charge in [0.1, 0.15) is 5.75 Å². The average Bonchev–Trinajstić information content (AvgIpc) is 2.15. The van der Waals surface area contributed by atoms with Crippen LogP contribution in [-0.2, 0) is 0 Å². The number of nitrogens with one attached hydrogen (secondary N) is 2. The molecule has 17 heavy (non-hydrogen) atoms. The van der Waals surface area contributed by atoms with E-state index in [1.54, 1.807) is 6.07 Å². The summed E-state index contributed by atoms with van der Waals surface area (Å²) < 4.78 is 39.7. The van der Waals surface area contributed by atoms with Gasteiger partial charge < -0.3 is 15.4 Å². The number of rotatable bonds is 3. The van der Waals surface area contributed by atoms with Crippen molar-refractivity contribution in [3.8, 4) is 5.75 Å². The molecule has 0 aromatic heterocycles. The third-order valence-corrected chi connectivity index (χ3v) is 1.91. The number of halogens is 3. The summed E-state index contributed by atoms with van der Waals surface area (Å²) in [5, 5.41) is 5.91. The molecule has 0 heterocycles. The van der Waals surface area contributed by atoms with E-state index in [-0.39, 0.29) is 5.75 Å². The van der Waals surface area contributed by atoms with Crippen LogP contribution in [0.15, 0.2) is 24.3 Å². The lowest BCUT2D eigenvalue weighted by Crippen LogP contribution is -2.27. The molecule has 0 saturated heterocycles. The van der Waals surface area contributed by atoms with E-state index in [2.05, 4.69) is 15.4 Å². The van der Waals surface area contributed by atoms with Gasteiger partial charge in [0.15, 0.2) is 5.11 Å². The van der Waals surface area contributed by atoms with E-state index in [0.29, 0.717) is 17.3 Å². The van der Waals surface area contributed by atoms with Gasteiger partial charge in [0, 0.05) is 18.3 Å². The predicted octanol–water partition coefficient (Wildman–Crippen LogP) is 2.89. The molecule has 7 heteroatoms. The summed E-state index contributed by atoms with van der Waals surface area (Å²) in [6.07, 6.45) is -4.69. The van der Waals surface area contributed by atoms with Gasteiger partial charge in [-0.25, -0.2) is 0 Å². The van der Waals surface area contributed by atoms with Crippen molar-refractivity contribution in [1.29, 1.82) is 0 Å². The van der Waals surface area contributed by atoms with Crippen LogP contribution >= 0.6 is 12.2 Å². The average molecular weight is 264 g/mol. The molecule has 0 aliphatic heterocycles. The number of ether oxygens (including phenoxy) is 1. The van der Waals surface area contributed by atoms with E-state index in [1.165, 1.54) is 18.2 Å². The van der Waals surface area contributed by atoms with Gasteiger partial charge in [0.25, 0.3) is 0 Å². The largest absolute Gasteiger partial charge is 0.573 e. The topological polar surface area (TPSA) is 33.3 Å².